The molecular formula is C15H24N2O3. The minimum atomic E-state index is -0.274. The van der Waals surface area contributed by atoms with E-state index in [1.165, 1.54) is 0 Å². The Morgan fingerprint density at radius 3 is 2.50 bits per heavy atom. The summed E-state index contributed by atoms with van der Waals surface area (Å²) in [6.07, 6.45) is 0. The smallest absolute Gasteiger partial charge is 0.258 e. The molecule has 0 unspecified atom stereocenters. The Hall–Kier alpha value is -1.75. The fraction of sp³-hybridized carbons (Fsp3) is 0.533. The van der Waals surface area contributed by atoms with Crippen LogP contribution in [0.2, 0.25) is 0 Å². The number of amides is 1. The number of benzene rings is 1. The monoisotopic (exact) mass is 280 g/mol. The Morgan fingerprint density at radius 2 is 2.00 bits per heavy atom. The van der Waals surface area contributed by atoms with Crippen molar-refractivity contribution in [1.29, 1.82) is 0 Å². The van der Waals surface area contributed by atoms with Crippen LogP contribution in [0, 0.1) is 0 Å². The van der Waals surface area contributed by atoms with Crippen molar-refractivity contribution in [2.45, 2.75) is 39.3 Å². The maximum Gasteiger partial charge on any atom is 0.258 e. The van der Waals surface area contributed by atoms with E-state index in [9.17, 15) is 4.79 Å². The summed E-state index contributed by atoms with van der Waals surface area (Å²) < 4.78 is 10.7. The first kappa shape index (κ1) is 16.3. The van der Waals surface area contributed by atoms with Crippen molar-refractivity contribution in [3.05, 3.63) is 23.8 Å². The van der Waals surface area contributed by atoms with Gasteiger partial charge in [-0.15, -0.1) is 0 Å². The molecule has 0 aliphatic heterocycles. The maximum atomic E-state index is 11.7. The average molecular weight is 280 g/mol. The lowest BCUT2D eigenvalue weighted by atomic mass is 10.1. The van der Waals surface area contributed by atoms with Crippen molar-refractivity contribution in [1.82, 2.24) is 5.32 Å². The largest absolute Gasteiger partial charge is 0.493 e. The van der Waals surface area contributed by atoms with Crippen molar-refractivity contribution in [3.8, 4) is 11.5 Å². The van der Waals surface area contributed by atoms with Crippen molar-refractivity contribution in [2.24, 2.45) is 5.73 Å². The van der Waals surface area contributed by atoms with Crippen LogP contribution >= 0.6 is 0 Å². The van der Waals surface area contributed by atoms with Crippen molar-refractivity contribution in [3.63, 3.8) is 0 Å². The number of carbonyl (C=O) groups excluding carboxylic acids is 1. The van der Waals surface area contributed by atoms with Gasteiger partial charge in [0.2, 0.25) is 0 Å². The molecule has 5 heteroatoms. The van der Waals surface area contributed by atoms with Crippen LogP contribution in [0.5, 0.6) is 11.5 Å². The van der Waals surface area contributed by atoms with Crippen LogP contribution in [0.1, 0.15) is 39.3 Å². The Kier molecular flexibility index (Phi) is 5.39. The van der Waals surface area contributed by atoms with Gasteiger partial charge in [0.05, 0.1) is 7.11 Å². The molecular weight excluding hydrogens is 256 g/mol. The third-order valence-electron chi connectivity index (χ3n) is 2.59. The summed E-state index contributed by atoms with van der Waals surface area (Å²) in [5.41, 5.74) is 6.50. The van der Waals surface area contributed by atoms with Crippen molar-refractivity contribution >= 4 is 5.91 Å². The van der Waals surface area contributed by atoms with Crippen LogP contribution in [0.25, 0.3) is 0 Å². The van der Waals surface area contributed by atoms with E-state index in [1.54, 1.807) is 13.2 Å². The Morgan fingerprint density at radius 1 is 1.35 bits per heavy atom. The second-order valence-corrected chi connectivity index (χ2v) is 5.79. The first-order valence-corrected chi connectivity index (χ1v) is 6.60. The van der Waals surface area contributed by atoms with Crippen LogP contribution in [0.15, 0.2) is 18.2 Å². The topological polar surface area (TPSA) is 73.6 Å². The van der Waals surface area contributed by atoms with Gasteiger partial charge >= 0.3 is 0 Å². The first-order valence-electron chi connectivity index (χ1n) is 6.60. The molecule has 0 spiro atoms. The summed E-state index contributed by atoms with van der Waals surface area (Å²) >= 11 is 0. The summed E-state index contributed by atoms with van der Waals surface area (Å²) in [6.45, 7) is 7.60. The van der Waals surface area contributed by atoms with Crippen LogP contribution < -0.4 is 20.5 Å². The number of hydrogen-bond donors (Lipinski definition) is 2. The summed E-state index contributed by atoms with van der Waals surface area (Å²) in [5, 5.41) is 2.83. The quantitative estimate of drug-likeness (QED) is 0.865. The van der Waals surface area contributed by atoms with Gasteiger partial charge in [-0.05, 0) is 45.4 Å². The molecule has 0 saturated heterocycles. The SMILES string of the molecule is COc1cc([C@@H](C)N)ccc1OCC(=O)NC(C)(C)C. The molecule has 1 rings (SSSR count). The highest BCUT2D eigenvalue weighted by atomic mass is 16.5. The maximum absolute atomic E-state index is 11.7. The molecule has 0 heterocycles. The molecule has 0 aliphatic rings. The third-order valence-corrected chi connectivity index (χ3v) is 2.59. The van der Waals surface area contributed by atoms with Gasteiger partial charge in [-0.25, -0.2) is 0 Å². The minimum Gasteiger partial charge on any atom is -0.493 e. The molecule has 0 fully saturated rings. The lowest BCUT2D eigenvalue weighted by Gasteiger charge is -2.21. The van der Waals surface area contributed by atoms with Gasteiger partial charge in [0.15, 0.2) is 18.1 Å². The number of nitrogens with two attached hydrogens (primary N) is 1. The molecule has 1 aromatic carbocycles. The second-order valence-electron chi connectivity index (χ2n) is 5.79. The predicted octanol–water partition coefficient (Wildman–Crippen LogP) is 2.01. The highest BCUT2D eigenvalue weighted by Crippen LogP contribution is 2.29. The van der Waals surface area contributed by atoms with Crippen molar-refractivity contribution < 1.29 is 14.3 Å². The molecule has 0 bridgehead atoms. The molecule has 0 radical (unpaired) electrons. The van der Waals surface area contributed by atoms with Gasteiger partial charge in [-0.3, -0.25) is 4.79 Å². The molecule has 0 aliphatic carbocycles. The number of carbonyl (C=O) groups is 1. The summed E-state index contributed by atoms with van der Waals surface area (Å²) in [6, 6.07) is 5.37. The number of nitrogens with one attached hydrogen (secondary N) is 1. The van der Waals surface area contributed by atoms with E-state index < -0.39 is 0 Å². The molecule has 0 saturated carbocycles. The normalized spacial score (nSPS) is 12.7. The molecule has 1 amide bonds. The van der Waals surface area contributed by atoms with Crippen LogP contribution in [-0.2, 0) is 4.79 Å². The van der Waals surface area contributed by atoms with Gasteiger partial charge in [-0.2, -0.15) is 0 Å². The molecule has 5 nitrogen and oxygen atoms in total. The third kappa shape index (κ3) is 5.09. The molecule has 1 aromatic rings. The molecule has 20 heavy (non-hydrogen) atoms. The molecule has 0 aromatic heterocycles. The molecule has 1 atom stereocenters. The van der Waals surface area contributed by atoms with E-state index in [4.69, 9.17) is 15.2 Å². The zero-order chi connectivity index (χ0) is 15.3. The molecule has 3 N–H and O–H groups in total. The van der Waals surface area contributed by atoms with E-state index in [2.05, 4.69) is 5.32 Å². The first-order chi connectivity index (χ1) is 9.23. The summed E-state index contributed by atoms with van der Waals surface area (Å²) in [7, 11) is 1.56. The highest BCUT2D eigenvalue weighted by molar-refractivity contribution is 5.78. The summed E-state index contributed by atoms with van der Waals surface area (Å²) in [4.78, 5) is 11.7. The van der Waals surface area contributed by atoms with E-state index in [0.29, 0.717) is 11.5 Å². The van der Waals surface area contributed by atoms with Crippen LogP contribution in [0.3, 0.4) is 0 Å². The standard InChI is InChI=1S/C15H24N2O3/c1-10(16)11-6-7-12(13(8-11)19-5)20-9-14(18)17-15(2,3)4/h6-8,10H,9,16H2,1-5H3,(H,17,18)/t10-/m1/s1. The Balaban J connectivity index is 2.71. The van der Waals surface area contributed by atoms with E-state index in [-0.39, 0.29) is 24.1 Å². The van der Waals surface area contributed by atoms with E-state index in [0.717, 1.165) is 5.56 Å². The number of hydrogen-bond acceptors (Lipinski definition) is 4. The average Bonchev–Trinajstić information content (AvgIpc) is 2.33. The number of ether oxygens (including phenoxy) is 2. The highest BCUT2D eigenvalue weighted by Gasteiger charge is 2.15. The van der Waals surface area contributed by atoms with Gasteiger partial charge in [0, 0.05) is 11.6 Å². The zero-order valence-electron chi connectivity index (χ0n) is 12.8. The Bertz CT molecular complexity index is 465. The minimum absolute atomic E-state index is 0.0504. The van der Waals surface area contributed by atoms with Gasteiger partial charge < -0.3 is 20.5 Å². The van der Waals surface area contributed by atoms with Gasteiger partial charge in [0.1, 0.15) is 0 Å². The lowest BCUT2D eigenvalue weighted by molar-refractivity contribution is -0.124. The second kappa shape index (κ2) is 6.61. The van der Waals surface area contributed by atoms with E-state index in [1.807, 2.05) is 39.8 Å². The Labute approximate surface area is 120 Å². The van der Waals surface area contributed by atoms with Crippen molar-refractivity contribution in [2.75, 3.05) is 13.7 Å². The summed E-state index contributed by atoms with van der Waals surface area (Å²) in [5.74, 6) is 0.931. The van der Waals surface area contributed by atoms with Crippen LogP contribution in [-0.4, -0.2) is 25.2 Å². The van der Waals surface area contributed by atoms with E-state index >= 15 is 0 Å². The van der Waals surface area contributed by atoms with Gasteiger partial charge in [-0.1, -0.05) is 6.07 Å². The molecule has 112 valence electrons. The van der Waals surface area contributed by atoms with Crippen LogP contribution in [0.4, 0.5) is 0 Å². The number of methoxy groups -OCH3 is 1. The fourth-order valence-electron chi connectivity index (χ4n) is 1.68. The predicted molar refractivity (Wildman–Crippen MR) is 79.0 cm³/mol. The fourth-order valence-corrected chi connectivity index (χ4v) is 1.68. The number of rotatable bonds is 5. The zero-order valence-corrected chi connectivity index (χ0v) is 12.8. The van der Waals surface area contributed by atoms with Gasteiger partial charge in [0.25, 0.3) is 5.91 Å². The lowest BCUT2D eigenvalue weighted by Crippen LogP contribution is -2.43.